The van der Waals surface area contributed by atoms with Gasteiger partial charge in [-0.15, -0.1) is 10.2 Å². The Morgan fingerprint density at radius 3 is 2.56 bits per heavy atom. The molecular weight excluding hydrogens is 450 g/mol. The van der Waals surface area contributed by atoms with Crippen LogP contribution >= 0.6 is 11.8 Å². The van der Waals surface area contributed by atoms with E-state index >= 15 is 0 Å². The van der Waals surface area contributed by atoms with Crippen molar-refractivity contribution in [2.45, 2.75) is 11.7 Å². The molecule has 10 heteroatoms. The summed E-state index contributed by atoms with van der Waals surface area (Å²) in [6, 6.07) is 19.6. The first-order valence-electron chi connectivity index (χ1n) is 9.74. The molecule has 0 atom stereocenters. The van der Waals surface area contributed by atoms with Gasteiger partial charge in [-0.1, -0.05) is 42.1 Å². The van der Waals surface area contributed by atoms with Crippen molar-refractivity contribution in [1.82, 2.24) is 14.8 Å². The minimum absolute atomic E-state index is 0.172. The number of aromatic nitrogens is 3. The molecular formula is C22H21N3O5S2. The van der Waals surface area contributed by atoms with Gasteiger partial charge in [-0.05, 0) is 36.4 Å². The number of benzene rings is 2. The van der Waals surface area contributed by atoms with Crippen molar-refractivity contribution >= 4 is 21.9 Å². The second-order valence-corrected chi connectivity index (χ2v) is 9.46. The van der Waals surface area contributed by atoms with Crippen molar-refractivity contribution in [1.29, 1.82) is 0 Å². The van der Waals surface area contributed by atoms with Gasteiger partial charge in [0, 0.05) is 11.3 Å². The Labute approximate surface area is 190 Å². The molecule has 4 aromatic rings. The van der Waals surface area contributed by atoms with Crippen molar-refractivity contribution in [3.05, 3.63) is 78.8 Å². The van der Waals surface area contributed by atoms with Crippen molar-refractivity contribution in [3.63, 3.8) is 0 Å². The minimum Gasteiger partial charge on any atom is -0.497 e. The number of hydrogen-bond acceptors (Lipinski definition) is 8. The van der Waals surface area contributed by atoms with Crippen LogP contribution < -0.4 is 8.92 Å². The van der Waals surface area contributed by atoms with Crippen molar-refractivity contribution in [3.8, 4) is 22.9 Å². The van der Waals surface area contributed by atoms with E-state index in [1.807, 2.05) is 41.0 Å². The molecule has 0 spiro atoms. The Morgan fingerprint density at radius 2 is 1.81 bits per heavy atom. The van der Waals surface area contributed by atoms with E-state index < -0.39 is 10.1 Å². The summed E-state index contributed by atoms with van der Waals surface area (Å²) in [6.45, 7) is 0.405. The van der Waals surface area contributed by atoms with Gasteiger partial charge in [0.05, 0.1) is 25.7 Å². The zero-order valence-electron chi connectivity index (χ0n) is 17.2. The summed E-state index contributed by atoms with van der Waals surface area (Å²) >= 11 is 1.29. The van der Waals surface area contributed by atoms with Gasteiger partial charge in [-0.2, -0.15) is 8.42 Å². The molecule has 0 saturated heterocycles. The number of methoxy groups -OCH3 is 1. The molecule has 0 bridgehead atoms. The van der Waals surface area contributed by atoms with Gasteiger partial charge in [-0.25, -0.2) is 0 Å². The Hall–Kier alpha value is -3.24. The van der Waals surface area contributed by atoms with Crippen LogP contribution in [0.25, 0.3) is 11.4 Å². The van der Waals surface area contributed by atoms with Gasteiger partial charge >= 0.3 is 10.1 Å². The summed E-state index contributed by atoms with van der Waals surface area (Å²) in [6.07, 6.45) is 1.60. The summed E-state index contributed by atoms with van der Waals surface area (Å²) in [5, 5.41) is 9.21. The average molecular weight is 472 g/mol. The van der Waals surface area contributed by atoms with Crippen LogP contribution in [0.3, 0.4) is 0 Å². The predicted octanol–water partition coefficient (Wildman–Crippen LogP) is 4.10. The van der Waals surface area contributed by atoms with Gasteiger partial charge in [-0.3, -0.25) is 4.57 Å². The van der Waals surface area contributed by atoms with E-state index in [-0.39, 0.29) is 11.5 Å². The zero-order chi connectivity index (χ0) is 22.4. The highest BCUT2D eigenvalue weighted by molar-refractivity contribution is 8.00. The van der Waals surface area contributed by atoms with Crippen LogP contribution in [-0.4, -0.2) is 41.8 Å². The minimum atomic E-state index is -3.74. The van der Waals surface area contributed by atoms with Crippen LogP contribution in [-0.2, 0) is 16.7 Å². The monoisotopic (exact) mass is 471 g/mol. The summed E-state index contributed by atoms with van der Waals surface area (Å²) in [4.78, 5) is 0. The van der Waals surface area contributed by atoms with Gasteiger partial charge in [0.1, 0.15) is 17.3 Å². The van der Waals surface area contributed by atoms with Crippen molar-refractivity contribution in [2.75, 3.05) is 18.6 Å². The molecule has 2 heterocycles. The van der Waals surface area contributed by atoms with Crippen LogP contribution in [0.2, 0.25) is 0 Å². The van der Waals surface area contributed by atoms with Crippen LogP contribution in [0, 0.1) is 0 Å². The number of nitrogens with zero attached hydrogens (tertiary/aromatic N) is 3. The fourth-order valence-corrected chi connectivity index (χ4v) is 5.20. The molecule has 0 amide bonds. The van der Waals surface area contributed by atoms with Gasteiger partial charge in [0.15, 0.2) is 11.0 Å². The standard InChI is InChI=1S/C22H21N3O5S2/c1-28-19-10-5-7-17(15-19)21-23-24-22(25(21)16-20-11-6-12-29-20)31-13-14-32(26,27)30-18-8-3-2-4-9-18/h2-12,15H,13-14,16H2,1H3. The normalized spacial score (nSPS) is 11.4. The van der Waals surface area contributed by atoms with Gasteiger partial charge in [0.2, 0.25) is 0 Å². The lowest BCUT2D eigenvalue weighted by molar-refractivity contribution is 0.415. The number of rotatable bonds is 10. The first-order chi connectivity index (χ1) is 15.5. The van der Waals surface area contributed by atoms with E-state index in [0.29, 0.717) is 29.0 Å². The van der Waals surface area contributed by atoms with Gasteiger partial charge in [0.25, 0.3) is 0 Å². The fourth-order valence-electron chi connectivity index (χ4n) is 2.97. The lowest BCUT2D eigenvalue weighted by Crippen LogP contribution is -2.15. The molecule has 0 aliphatic heterocycles. The Bertz CT molecular complexity index is 1260. The van der Waals surface area contributed by atoms with Crippen LogP contribution in [0.1, 0.15) is 5.76 Å². The highest BCUT2D eigenvalue weighted by Gasteiger charge is 2.19. The second kappa shape index (κ2) is 9.92. The smallest absolute Gasteiger partial charge is 0.310 e. The number of ether oxygens (including phenoxy) is 1. The molecule has 32 heavy (non-hydrogen) atoms. The third-order valence-electron chi connectivity index (χ3n) is 4.47. The lowest BCUT2D eigenvalue weighted by atomic mass is 10.2. The first-order valence-corrected chi connectivity index (χ1v) is 12.3. The Balaban J connectivity index is 1.52. The van der Waals surface area contributed by atoms with E-state index in [9.17, 15) is 8.42 Å². The van der Waals surface area contributed by atoms with Crippen molar-refractivity contribution < 1.29 is 21.8 Å². The predicted molar refractivity (Wildman–Crippen MR) is 121 cm³/mol. The highest BCUT2D eigenvalue weighted by Crippen LogP contribution is 2.28. The summed E-state index contributed by atoms with van der Waals surface area (Å²) < 4.78 is 42.5. The van der Waals surface area contributed by atoms with Crippen LogP contribution in [0.15, 0.2) is 82.6 Å². The number of thioether (sulfide) groups is 1. The Morgan fingerprint density at radius 1 is 1.00 bits per heavy atom. The molecule has 8 nitrogen and oxygen atoms in total. The van der Waals surface area contributed by atoms with Crippen LogP contribution in [0.4, 0.5) is 0 Å². The molecule has 0 aliphatic rings. The average Bonchev–Trinajstić information content (AvgIpc) is 3.45. The van der Waals surface area contributed by atoms with E-state index in [4.69, 9.17) is 13.3 Å². The summed E-state index contributed by atoms with van der Waals surface area (Å²) in [5.74, 6) is 2.44. The maximum absolute atomic E-state index is 12.3. The summed E-state index contributed by atoms with van der Waals surface area (Å²) in [7, 11) is -2.13. The SMILES string of the molecule is COc1cccc(-c2nnc(SCCS(=O)(=O)Oc3ccccc3)n2Cc2ccco2)c1. The third kappa shape index (κ3) is 5.51. The number of furan rings is 1. The molecule has 0 fully saturated rings. The van der Waals surface area contributed by atoms with E-state index in [0.717, 1.165) is 11.3 Å². The molecule has 0 unspecified atom stereocenters. The topological polar surface area (TPSA) is 96.5 Å². The first kappa shape index (κ1) is 22.0. The maximum Gasteiger partial charge on any atom is 0.310 e. The highest BCUT2D eigenvalue weighted by atomic mass is 32.2. The molecule has 2 aromatic heterocycles. The lowest BCUT2D eigenvalue weighted by Gasteiger charge is -2.10. The van der Waals surface area contributed by atoms with Crippen LogP contribution in [0.5, 0.6) is 11.5 Å². The second-order valence-electron chi connectivity index (χ2n) is 6.71. The van der Waals surface area contributed by atoms with E-state index in [1.165, 1.54) is 11.8 Å². The largest absolute Gasteiger partial charge is 0.497 e. The molecule has 0 N–H and O–H groups in total. The van der Waals surface area contributed by atoms with E-state index in [2.05, 4.69) is 10.2 Å². The van der Waals surface area contributed by atoms with Crippen molar-refractivity contribution in [2.24, 2.45) is 0 Å². The third-order valence-corrected chi connectivity index (χ3v) is 6.85. The Kier molecular flexibility index (Phi) is 6.81. The van der Waals surface area contributed by atoms with Gasteiger partial charge < -0.3 is 13.3 Å². The van der Waals surface area contributed by atoms with E-state index in [1.54, 1.807) is 43.7 Å². The fraction of sp³-hybridized carbons (Fsp3) is 0.182. The number of hydrogen-bond donors (Lipinski definition) is 0. The molecule has 0 aliphatic carbocycles. The summed E-state index contributed by atoms with van der Waals surface area (Å²) in [5.41, 5.74) is 0.829. The number of para-hydroxylation sites is 1. The molecule has 0 saturated carbocycles. The zero-order valence-corrected chi connectivity index (χ0v) is 18.9. The maximum atomic E-state index is 12.3. The molecule has 4 rings (SSSR count). The molecule has 2 aromatic carbocycles. The molecule has 0 radical (unpaired) electrons. The molecule has 166 valence electrons. The quantitative estimate of drug-likeness (QED) is 0.252.